The predicted octanol–water partition coefficient (Wildman–Crippen LogP) is -0.130. The number of hydrogen-bond donors (Lipinski definition) is 1. The largest absolute Gasteiger partial charge is 0.352 e. The van der Waals surface area contributed by atoms with Gasteiger partial charge in [-0.15, -0.1) is 0 Å². The number of amides is 2. The van der Waals surface area contributed by atoms with Gasteiger partial charge >= 0.3 is 0 Å². The van der Waals surface area contributed by atoms with Crippen molar-refractivity contribution in [2.45, 2.75) is 38.1 Å². The Hall–Kier alpha value is -1.15. The second-order valence-electron chi connectivity index (χ2n) is 7.79. The first-order chi connectivity index (χ1) is 11.8. The Morgan fingerprint density at radius 2 is 1.52 bits per heavy atom. The third-order valence-electron chi connectivity index (χ3n) is 5.84. The van der Waals surface area contributed by atoms with Crippen molar-refractivity contribution in [3.05, 3.63) is 0 Å². The quantitative estimate of drug-likeness (QED) is 0.747. The van der Waals surface area contributed by atoms with Gasteiger partial charge in [-0.1, -0.05) is 0 Å². The Balaban J connectivity index is 1.43. The van der Waals surface area contributed by atoms with Crippen LogP contribution in [0.1, 0.15) is 32.1 Å². The van der Waals surface area contributed by atoms with Crippen LogP contribution in [0.15, 0.2) is 0 Å². The summed E-state index contributed by atoms with van der Waals surface area (Å²) in [5, 5.41) is 2.90. The molecule has 2 heterocycles. The first-order valence-electron chi connectivity index (χ1n) is 9.32. The van der Waals surface area contributed by atoms with Gasteiger partial charge in [-0.2, -0.15) is 0 Å². The second-order valence-corrected chi connectivity index (χ2v) is 10.0. The van der Waals surface area contributed by atoms with Crippen molar-refractivity contribution in [2.75, 3.05) is 44.7 Å². The Morgan fingerprint density at radius 1 is 0.920 bits per heavy atom. The van der Waals surface area contributed by atoms with Crippen LogP contribution in [0, 0.1) is 11.8 Å². The molecule has 0 aromatic heterocycles. The van der Waals surface area contributed by atoms with Gasteiger partial charge in [0, 0.05) is 44.1 Å². The molecule has 7 nitrogen and oxygen atoms in total. The number of hydrogen-bond acceptors (Lipinski definition) is 5. The van der Waals surface area contributed by atoms with Gasteiger partial charge in [-0.3, -0.25) is 9.59 Å². The fraction of sp³-hybridized carbons (Fsp3) is 0.882. The van der Waals surface area contributed by atoms with Crippen LogP contribution in [0.5, 0.6) is 0 Å². The summed E-state index contributed by atoms with van der Waals surface area (Å²) < 4.78 is 23.0. The van der Waals surface area contributed by atoms with Gasteiger partial charge in [-0.25, -0.2) is 8.42 Å². The Kier molecular flexibility index (Phi) is 5.68. The van der Waals surface area contributed by atoms with Crippen molar-refractivity contribution in [1.82, 2.24) is 15.1 Å². The minimum absolute atomic E-state index is 0.0346. The standard InChI is InChI=1S/C17H29N3O4S/c1-19-7-9-20(10-8-19)17(22)14-4-2-13(3-5-14)16(21)18-15-6-11-25(23,24)12-15/h13-15H,2-12H2,1H3,(H,18,21). The third kappa shape index (κ3) is 4.73. The van der Waals surface area contributed by atoms with Gasteiger partial charge in [0.25, 0.3) is 0 Å². The summed E-state index contributed by atoms with van der Waals surface area (Å²) in [6.07, 6.45) is 3.47. The topological polar surface area (TPSA) is 86.8 Å². The fourth-order valence-electron chi connectivity index (χ4n) is 4.12. The van der Waals surface area contributed by atoms with Gasteiger partial charge in [0.1, 0.15) is 0 Å². The smallest absolute Gasteiger partial charge is 0.225 e. The highest BCUT2D eigenvalue weighted by Gasteiger charge is 2.35. The fourth-order valence-corrected chi connectivity index (χ4v) is 5.79. The van der Waals surface area contributed by atoms with E-state index in [0.717, 1.165) is 51.9 Å². The number of likely N-dealkylation sites (N-methyl/N-ethyl adjacent to an activating group) is 1. The van der Waals surface area contributed by atoms with Crippen molar-refractivity contribution >= 4 is 21.7 Å². The average Bonchev–Trinajstić information content (AvgIpc) is 2.93. The van der Waals surface area contributed by atoms with Crippen molar-refractivity contribution in [3.8, 4) is 0 Å². The summed E-state index contributed by atoms with van der Waals surface area (Å²) in [5.41, 5.74) is 0. The summed E-state index contributed by atoms with van der Waals surface area (Å²) in [5.74, 6) is 0.404. The zero-order valence-electron chi connectivity index (χ0n) is 14.9. The highest BCUT2D eigenvalue weighted by atomic mass is 32.2. The van der Waals surface area contributed by atoms with Crippen LogP contribution in [-0.4, -0.2) is 80.8 Å². The van der Waals surface area contributed by atoms with Crippen LogP contribution < -0.4 is 5.32 Å². The minimum atomic E-state index is -2.98. The predicted molar refractivity (Wildman–Crippen MR) is 94.7 cm³/mol. The van der Waals surface area contributed by atoms with E-state index in [0.29, 0.717) is 6.42 Å². The highest BCUT2D eigenvalue weighted by molar-refractivity contribution is 7.91. The molecule has 1 aliphatic carbocycles. The number of nitrogens with one attached hydrogen (secondary N) is 1. The van der Waals surface area contributed by atoms with Gasteiger partial charge < -0.3 is 15.1 Å². The number of rotatable bonds is 3. The molecule has 142 valence electrons. The molecular formula is C17H29N3O4S. The van der Waals surface area contributed by atoms with Crippen LogP contribution in [0.2, 0.25) is 0 Å². The maximum Gasteiger partial charge on any atom is 0.225 e. The lowest BCUT2D eigenvalue weighted by molar-refractivity contribution is -0.139. The van der Waals surface area contributed by atoms with Crippen molar-refractivity contribution < 1.29 is 18.0 Å². The van der Waals surface area contributed by atoms with Gasteiger partial charge in [0.05, 0.1) is 11.5 Å². The molecule has 25 heavy (non-hydrogen) atoms. The van der Waals surface area contributed by atoms with E-state index in [9.17, 15) is 18.0 Å². The minimum Gasteiger partial charge on any atom is -0.352 e. The van der Waals surface area contributed by atoms with E-state index in [2.05, 4.69) is 17.3 Å². The molecule has 8 heteroatoms. The summed E-state index contributed by atoms with van der Waals surface area (Å²) in [6, 6.07) is -0.234. The summed E-state index contributed by atoms with van der Waals surface area (Å²) in [4.78, 5) is 29.2. The first-order valence-corrected chi connectivity index (χ1v) is 11.1. The number of nitrogens with zero attached hydrogens (tertiary/aromatic N) is 2. The van der Waals surface area contributed by atoms with E-state index in [1.807, 2.05) is 4.90 Å². The van der Waals surface area contributed by atoms with Crippen molar-refractivity contribution in [2.24, 2.45) is 11.8 Å². The van der Waals surface area contributed by atoms with E-state index in [1.165, 1.54) is 0 Å². The van der Waals surface area contributed by atoms with Gasteiger partial charge in [0.15, 0.2) is 9.84 Å². The van der Waals surface area contributed by atoms with Crippen LogP contribution in [0.25, 0.3) is 0 Å². The lowest BCUT2D eigenvalue weighted by atomic mass is 9.80. The van der Waals surface area contributed by atoms with Crippen molar-refractivity contribution in [1.29, 1.82) is 0 Å². The maximum absolute atomic E-state index is 12.6. The number of sulfone groups is 1. The molecular weight excluding hydrogens is 342 g/mol. The van der Waals surface area contributed by atoms with E-state index < -0.39 is 9.84 Å². The second kappa shape index (κ2) is 7.61. The zero-order valence-corrected chi connectivity index (χ0v) is 15.8. The normalized spacial score (nSPS) is 33.2. The summed E-state index contributed by atoms with van der Waals surface area (Å²) >= 11 is 0. The Labute approximate surface area is 150 Å². The zero-order chi connectivity index (χ0) is 18.0. The molecule has 0 bridgehead atoms. The van der Waals surface area contributed by atoms with Crippen LogP contribution >= 0.6 is 0 Å². The molecule has 0 radical (unpaired) electrons. The molecule has 3 fully saturated rings. The van der Waals surface area contributed by atoms with Gasteiger partial charge in [0.2, 0.25) is 11.8 Å². The average molecular weight is 372 g/mol. The summed E-state index contributed by atoms with van der Waals surface area (Å²) in [7, 11) is -0.906. The molecule has 0 aromatic rings. The molecule has 2 saturated heterocycles. The Bertz CT molecular complexity index is 605. The molecule has 1 saturated carbocycles. The first kappa shape index (κ1) is 18.6. The van der Waals surface area contributed by atoms with E-state index in [4.69, 9.17) is 0 Å². The van der Waals surface area contributed by atoms with Gasteiger partial charge in [-0.05, 0) is 39.2 Å². The highest BCUT2D eigenvalue weighted by Crippen LogP contribution is 2.30. The monoisotopic (exact) mass is 371 g/mol. The molecule has 3 aliphatic rings. The molecule has 0 aromatic carbocycles. The molecule has 2 amide bonds. The lowest BCUT2D eigenvalue weighted by Gasteiger charge is -2.36. The molecule has 1 N–H and O–H groups in total. The number of carbonyl (C=O) groups is 2. The molecule has 3 rings (SSSR count). The Morgan fingerprint density at radius 3 is 2.08 bits per heavy atom. The van der Waals surface area contributed by atoms with E-state index >= 15 is 0 Å². The van der Waals surface area contributed by atoms with Crippen LogP contribution in [-0.2, 0) is 19.4 Å². The van der Waals surface area contributed by atoms with Crippen LogP contribution in [0.4, 0.5) is 0 Å². The molecule has 1 unspecified atom stereocenters. The van der Waals surface area contributed by atoms with E-state index in [1.54, 1.807) is 0 Å². The third-order valence-corrected chi connectivity index (χ3v) is 7.61. The van der Waals surface area contributed by atoms with Crippen molar-refractivity contribution in [3.63, 3.8) is 0 Å². The van der Waals surface area contributed by atoms with Crippen LogP contribution in [0.3, 0.4) is 0 Å². The SMILES string of the molecule is CN1CCN(C(=O)C2CCC(C(=O)NC3CCS(=O)(=O)C3)CC2)CC1. The van der Waals surface area contributed by atoms with E-state index in [-0.39, 0.29) is 41.2 Å². The molecule has 2 aliphatic heterocycles. The molecule has 0 spiro atoms. The maximum atomic E-state index is 12.6. The lowest BCUT2D eigenvalue weighted by Crippen LogP contribution is -2.49. The number of piperazine rings is 1. The number of carbonyl (C=O) groups excluding carboxylic acids is 2. The molecule has 1 atom stereocenters. The summed E-state index contributed by atoms with van der Waals surface area (Å²) in [6.45, 7) is 3.44.